The number of hydrogen-bond donors (Lipinski definition) is 25. The molecule has 0 aliphatic carbocycles. The van der Waals surface area contributed by atoms with Gasteiger partial charge < -0.3 is 185 Å². The molecule has 0 aromatic carbocycles. The minimum Gasteiger partial charge on any atom is -0.477 e. The van der Waals surface area contributed by atoms with Gasteiger partial charge in [-0.3, -0.25) is 14.4 Å². The standard InChI is InChI=1S/C51H87N3O38/c1-13-27(67)34(74)36(76)46(82-13)90-44-43(89-47-37(77)35(75)30(70)21(8-57)83-47)32(72)23(10-59)85-49(44)87-39(17(6-55)52-14(2)61)29(69)20(66)12-81-45-26(54-16(4)63)33(73)40(24(11-60)86-45)88-48-38(78)42(31(71)22(9-58)84-48)92-51(50(79)80)5-18(64)25(53-15(3)62)41(91-51)28(68)19(65)7-56/h13,17-49,55-60,64-78H,5-12H2,1-4H3,(H,52,61)(H,53,62)(H,54,63)(H,79,80)/t13-,17-,18-,19+,20+,21+,22+,23+,24+,25+,26+,27+,28+,29-,30-,31-,32-,33+,34+,35-,36-,37+,38+,39+,40+,41+,42-,43-,44+,45+,46-,47+,48-,49-,51-/m0/s1. The van der Waals surface area contributed by atoms with Crippen LogP contribution in [-0.2, 0) is 76.0 Å². The average Bonchev–Trinajstić information content (AvgIpc) is 0.767. The minimum atomic E-state index is -3.23. The zero-order valence-electron chi connectivity index (χ0n) is 49.7. The van der Waals surface area contributed by atoms with Gasteiger partial charge in [-0.15, -0.1) is 0 Å². The first-order valence-corrected chi connectivity index (χ1v) is 29.0. The number of hydrogen-bond acceptors (Lipinski definition) is 37. The van der Waals surface area contributed by atoms with Crippen LogP contribution in [0.2, 0.25) is 0 Å². The summed E-state index contributed by atoms with van der Waals surface area (Å²) in [6.45, 7) is -3.84. The highest BCUT2D eigenvalue weighted by molar-refractivity contribution is 5.77. The first kappa shape index (κ1) is 77.6. The van der Waals surface area contributed by atoms with Crippen LogP contribution in [0.25, 0.3) is 0 Å². The smallest absolute Gasteiger partial charge is 0.364 e. The fourth-order valence-electron chi connectivity index (χ4n) is 11.3. The predicted octanol–water partition coefficient (Wildman–Crippen LogP) is -16.0. The van der Waals surface area contributed by atoms with Crippen molar-refractivity contribution in [3.63, 3.8) is 0 Å². The van der Waals surface area contributed by atoms with E-state index in [1.54, 1.807) is 0 Å². The Balaban J connectivity index is 1.27. The molecule has 0 aromatic heterocycles. The number of carboxylic acids is 1. The molecule has 534 valence electrons. The third-order valence-corrected chi connectivity index (χ3v) is 16.3. The number of aliphatic hydroxyl groups is 21. The molecule has 0 saturated carbocycles. The molecule has 0 unspecified atom stereocenters. The number of carbonyl (C=O) groups excluding carboxylic acids is 3. The van der Waals surface area contributed by atoms with Crippen molar-refractivity contribution in [3.05, 3.63) is 0 Å². The molecule has 0 bridgehead atoms. The third-order valence-electron chi connectivity index (χ3n) is 16.3. The zero-order chi connectivity index (χ0) is 68.7. The van der Waals surface area contributed by atoms with Gasteiger partial charge in [0.25, 0.3) is 5.79 Å². The first-order chi connectivity index (χ1) is 43.2. The molecule has 0 aromatic rings. The van der Waals surface area contributed by atoms with Crippen LogP contribution in [0.4, 0.5) is 0 Å². The van der Waals surface area contributed by atoms with Crippen LogP contribution >= 0.6 is 0 Å². The summed E-state index contributed by atoms with van der Waals surface area (Å²) < 4.78 is 69.4. The number of aliphatic hydroxyl groups excluding tert-OH is 21. The summed E-state index contributed by atoms with van der Waals surface area (Å²) in [6.07, 6.45) is -65.7. The van der Waals surface area contributed by atoms with Crippen molar-refractivity contribution in [3.8, 4) is 0 Å². The SMILES string of the molecule is CC(=O)N[C@H]1[C@H](OC[C@@H](O)[C@H](O)[C@H](O[C@@H]2O[C@H](CO)[C@H](O)[C@H](O[C@H]3O[C@H](CO)[C@H](O)[C@H](O)[C@H]3O)[C@H]2O[C@@H]2O[C@@H](C)[C@@H](O)[C@@H](O)[C@@H]2O)[C@H](CO)NC(C)=O)O[C@H](CO)[C@@H](O[C@@H]2O[C@H](CO)[C@H](O)[C@H](O[C@]3(C(=O)O)C[C@H](O)[C@@H](NC(C)=O)[C@H]([C@H](O)[C@H](O)CO)O3)[C@H]2O)[C@@H]1O. The van der Waals surface area contributed by atoms with Crippen molar-refractivity contribution >= 4 is 23.7 Å². The van der Waals surface area contributed by atoms with Crippen LogP contribution < -0.4 is 16.0 Å². The second-order valence-electron chi connectivity index (χ2n) is 23.0. The van der Waals surface area contributed by atoms with Crippen molar-refractivity contribution in [1.82, 2.24) is 16.0 Å². The van der Waals surface area contributed by atoms with Crippen LogP contribution in [0, 0.1) is 0 Å². The Hall–Kier alpha value is -3.44. The van der Waals surface area contributed by atoms with E-state index in [0.29, 0.717) is 0 Å². The second-order valence-corrected chi connectivity index (χ2v) is 23.0. The normalized spacial score (nSPS) is 44.0. The number of nitrogens with one attached hydrogen (secondary N) is 3. The third kappa shape index (κ3) is 17.4. The Kier molecular flexibility index (Phi) is 28.4. The maximum Gasteiger partial charge on any atom is 0.364 e. The van der Waals surface area contributed by atoms with E-state index in [2.05, 4.69) is 16.0 Å². The largest absolute Gasteiger partial charge is 0.477 e. The Morgan fingerprint density at radius 2 is 1.00 bits per heavy atom. The average molecular weight is 1350 g/mol. The highest BCUT2D eigenvalue weighted by atomic mass is 16.8. The van der Waals surface area contributed by atoms with Gasteiger partial charge in [0.15, 0.2) is 31.5 Å². The quantitative estimate of drug-likeness (QED) is 0.0346. The van der Waals surface area contributed by atoms with Gasteiger partial charge in [-0.1, -0.05) is 0 Å². The van der Waals surface area contributed by atoms with E-state index in [1.165, 1.54) is 6.92 Å². The van der Waals surface area contributed by atoms with Gasteiger partial charge in [0.2, 0.25) is 17.7 Å². The molecule has 41 heteroatoms. The van der Waals surface area contributed by atoms with Gasteiger partial charge in [-0.25, -0.2) is 4.79 Å². The molecule has 3 amide bonds. The molecule has 6 aliphatic heterocycles. The summed E-state index contributed by atoms with van der Waals surface area (Å²) in [5, 5.41) is 246. The van der Waals surface area contributed by atoms with E-state index in [4.69, 9.17) is 56.8 Å². The number of ether oxygens (including phenoxy) is 12. The maximum absolute atomic E-state index is 13.1. The number of aliphatic carboxylic acids is 1. The summed E-state index contributed by atoms with van der Waals surface area (Å²) in [6, 6.07) is -5.40. The lowest BCUT2D eigenvalue weighted by molar-refractivity contribution is -0.396. The molecule has 6 fully saturated rings. The summed E-state index contributed by atoms with van der Waals surface area (Å²) >= 11 is 0. The van der Waals surface area contributed by atoms with Gasteiger partial charge in [0.05, 0.1) is 70.5 Å². The van der Waals surface area contributed by atoms with Crippen molar-refractivity contribution in [2.45, 2.75) is 248 Å². The highest BCUT2D eigenvalue weighted by Crippen LogP contribution is 2.40. The summed E-state index contributed by atoms with van der Waals surface area (Å²) in [4.78, 5) is 50.5. The Morgan fingerprint density at radius 3 is 1.53 bits per heavy atom. The van der Waals surface area contributed by atoms with E-state index < -0.39 is 290 Å². The highest BCUT2D eigenvalue weighted by Gasteiger charge is 2.61. The Bertz CT molecular complexity index is 2340. The summed E-state index contributed by atoms with van der Waals surface area (Å²) in [7, 11) is 0. The minimum absolute atomic E-state index is 0.843. The Labute approximate surface area is 521 Å². The molecule has 6 saturated heterocycles. The fraction of sp³-hybridized carbons (Fsp3) is 0.922. The van der Waals surface area contributed by atoms with E-state index >= 15 is 0 Å². The molecule has 0 radical (unpaired) electrons. The molecule has 6 aliphatic rings. The molecule has 6 heterocycles. The summed E-state index contributed by atoms with van der Waals surface area (Å²) in [5.41, 5.74) is 0. The number of carbonyl (C=O) groups is 4. The van der Waals surface area contributed by atoms with E-state index in [9.17, 15) is 132 Å². The van der Waals surface area contributed by atoms with Gasteiger partial charge in [-0.05, 0) is 6.92 Å². The van der Waals surface area contributed by atoms with Gasteiger partial charge >= 0.3 is 5.97 Å². The first-order valence-electron chi connectivity index (χ1n) is 29.0. The predicted molar refractivity (Wildman–Crippen MR) is 285 cm³/mol. The van der Waals surface area contributed by atoms with Crippen molar-refractivity contribution in [2.24, 2.45) is 0 Å². The van der Waals surface area contributed by atoms with Gasteiger partial charge in [0, 0.05) is 27.2 Å². The van der Waals surface area contributed by atoms with Crippen LogP contribution in [0.15, 0.2) is 0 Å². The molecule has 6 rings (SSSR count). The fourth-order valence-corrected chi connectivity index (χ4v) is 11.3. The molecule has 41 nitrogen and oxygen atoms in total. The van der Waals surface area contributed by atoms with Crippen LogP contribution in [-0.4, -0.2) is 396 Å². The summed E-state index contributed by atoms with van der Waals surface area (Å²) in [5.74, 6) is -8.03. The molecular weight excluding hydrogens is 1260 g/mol. The lowest BCUT2D eigenvalue weighted by atomic mass is 9.88. The Morgan fingerprint density at radius 1 is 0.511 bits per heavy atom. The van der Waals surface area contributed by atoms with E-state index in [1.807, 2.05) is 0 Å². The van der Waals surface area contributed by atoms with Crippen LogP contribution in [0.3, 0.4) is 0 Å². The molecule has 92 heavy (non-hydrogen) atoms. The van der Waals surface area contributed by atoms with Crippen LogP contribution in [0.1, 0.15) is 34.1 Å². The lowest BCUT2D eigenvalue weighted by Crippen LogP contribution is -2.71. The lowest BCUT2D eigenvalue weighted by Gasteiger charge is -2.51. The van der Waals surface area contributed by atoms with Crippen molar-refractivity contribution in [2.75, 3.05) is 46.2 Å². The number of rotatable bonds is 28. The van der Waals surface area contributed by atoms with Crippen molar-refractivity contribution < 1.29 is 188 Å². The number of amides is 3. The molecule has 0 spiro atoms. The molecular formula is C51H87N3O38. The second kappa shape index (κ2) is 33.7. The number of carboxylic acid groups (broad SMARTS) is 1. The zero-order valence-corrected chi connectivity index (χ0v) is 49.7. The van der Waals surface area contributed by atoms with Gasteiger partial charge in [0.1, 0.15) is 153 Å². The maximum atomic E-state index is 13.1. The van der Waals surface area contributed by atoms with Crippen molar-refractivity contribution in [1.29, 1.82) is 0 Å². The molecule has 25 N–H and O–H groups in total. The van der Waals surface area contributed by atoms with Gasteiger partial charge in [-0.2, -0.15) is 0 Å². The van der Waals surface area contributed by atoms with E-state index in [-0.39, 0.29) is 0 Å². The topological polar surface area (TPSA) is 660 Å². The van der Waals surface area contributed by atoms with Crippen LogP contribution in [0.5, 0.6) is 0 Å². The monoisotopic (exact) mass is 1350 g/mol. The molecule has 35 atom stereocenters. The van der Waals surface area contributed by atoms with E-state index in [0.717, 1.165) is 20.8 Å².